The van der Waals surface area contributed by atoms with Crippen LogP contribution in [-0.2, 0) is 6.54 Å². The van der Waals surface area contributed by atoms with Crippen molar-refractivity contribution in [1.82, 2.24) is 9.80 Å². The molecule has 2 nitrogen and oxygen atoms in total. The van der Waals surface area contributed by atoms with Gasteiger partial charge in [0.2, 0.25) is 0 Å². The minimum Gasteiger partial charge on any atom is -0.306 e. The number of rotatable bonds is 3. The van der Waals surface area contributed by atoms with Crippen molar-refractivity contribution in [3.63, 3.8) is 0 Å². The number of likely N-dealkylation sites (tertiary alicyclic amines) is 2. The number of nitrogens with zero attached hydrogens (tertiary/aromatic N) is 2. The summed E-state index contributed by atoms with van der Waals surface area (Å²) in [6.45, 7) is 5.14. The lowest BCUT2D eigenvalue weighted by molar-refractivity contribution is 0.142. The van der Waals surface area contributed by atoms with Crippen LogP contribution in [0.2, 0.25) is 0 Å². The lowest BCUT2D eigenvalue weighted by Gasteiger charge is -2.33. The van der Waals surface area contributed by atoms with Gasteiger partial charge in [-0.3, -0.25) is 4.90 Å². The molecular formula is C19H28N2. The summed E-state index contributed by atoms with van der Waals surface area (Å²) in [7, 11) is 2.31. The van der Waals surface area contributed by atoms with E-state index in [0.29, 0.717) is 0 Å². The SMILES string of the molecule is CN1CC2CN(Cc3ccccc3)C(C3CCCC3)C2C1. The molecule has 3 aliphatic rings. The fourth-order valence-electron chi connectivity index (χ4n) is 5.33. The highest BCUT2D eigenvalue weighted by molar-refractivity contribution is 5.16. The first-order valence-corrected chi connectivity index (χ1v) is 8.78. The van der Waals surface area contributed by atoms with E-state index in [1.54, 1.807) is 0 Å². The number of hydrogen-bond acceptors (Lipinski definition) is 2. The Morgan fingerprint density at radius 3 is 2.48 bits per heavy atom. The standard InChI is InChI=1S/C19H28N2/c1-20-12-17-13-21(11-15-7-3-2-4-8-15)19(18(17)14-20)16-9-5-6-10-16/h2-4,7-8,16-19H,5-6,9-14H2,1H3. The van der Waals surface area contributed by atoms with Gasteiger partial charge in [0.05, 0.1) is 0 Å². The molecule has 1 saturated carbocycles. The maximum absolute atomic E-state index is 2.84. The van der Waals surface area contributed by atoms with Gasteiger partial charge in [0.25, 0.3) is 0 Å². The van der Waals surface area contributed by atoms with Crippen LogP contribution in [0.1, 0.15) is 31.2 Å². The van der Waals surface area contributed by atoms with Crippen molar-refractivity contribution in [2.24, 2.45) is 17.8 Å². The van der Waals surface area contributed by atoms with Crippen LogP contribution in [-0.4, -0.2) is 42.5 Å². The van der Waals surface area contributed by atoms with E-state index in [1.165, 1.54) is 57.4 Å². The Bertz CT molecular complexity index is 466. The van der Waals surface area contributed by atoms with Gasteiger partial charge < -0.3 is 4.90 Å². The summed E-state index contributed by atoms with van der Waals surface area (Å²) in [4.78, 5) is 5.41. The molecule has 114 valence electrons. The number of benzene rings is 1. The van der Waals surface area contributed by atoms with Gasteiger partial charge in [-0.1, -0.05) is 43.2 Å². The van der Waals surface area contributed by atoms with E-state index >= 15 is 0 Å². The topological polar surface area (TPSA) is 6.48 Å². The van der Waals surface area contributed by atoms with E-state index < -0.39 is 0 Å². The van der Waals surface area contributed by atoms with E-state index in [9.17, 15) is 0 Å². The van der Waals surface area contributed by atoms with Gasteiger partial charge in [0.1, 0.15) is 0 Å². The highest BCUT2D eigenvalue weighted by Crippen LogP contribution is 2.44. The maximum atomic E-state index is 2.84. The molecule has 2 aliphatic heterocycles. The summed E-state index contributed by atoms with van der Waals surface area (Å²) in [6, 6.07) is 11.9. The molecule has 2 heteroatoms. The molecule has 1 aromatic rings. The largest absolute Gasteiger partial charge is 0.306 e. The zero-order chi connectivity index (χ0) is 14.2. The van der Waals surface area contributed by atoms with Crippen molar-refractivity contribution < 1.29 is 0 Å². The van der Waals surface area contributed by atoms with Crippen molar-refractivity contribution in [3.8, 4) is 0 Å². The van der Waals surface area contributed by atoms with Gasteiger partial charge in [-0.2, -0.15) is 0 Å². The van der Waals surface area contributed by atoms with Crippen molar-refractivity contribution in [2.45, 2.75) is 38.3 Å². The quantitative estimate of drug-likeness (QED) is 0.841. The predicted octanol–water partition coefficient (Wildman–Crippen LogP) is 3.24. The third kappa shape index (κ3) is 2.64. The van der Waals surface area contributed by atoms with Gasteiger partial charge in [-0.15, -0.1) is 0 Å². The first-order valence-electron chi connectivity index (χ1n) is 8.78. The normalized spacial score (nSPS) is 34.6. The lowest BCUT2D eigenvalue weighted by atomic mass is 9.85. The van der Waals surface area contributed by atoms with Crippen LogP contribution in [0.15, 0.2) is 30.3 Å². The molecule has 0 radical (unpaired) electrons. The molecule has 0 aromatic heterocycles. The lowest BCUT2D eigenvalue weighted by Crippen LogP contribution is -2.40. The number of fused-ring (bicyclic) bond motifs is 1. The fourth-order valence-corrected chi connectivity index (χ4v) is 5.33. The summed E-state index contributed by atoms with van der Waals surface area (Å²) < 4.78 is 0. The summed E-state index contributed by atoms with van der Waals surface area (Å²) in [5, 5.41) is 0. The highest BCUT2D eigenvalue weighted by atomic mass is 15.3. The molecule has 3 atom stereocenters. The average molecular weight is 284 g/mol. The van der Waals surface area contributed by atoms with E-state index in [-0.39, 0.29) is 0 Å². The molecule has 0 bridgehead atoms. The van der Waals surface area contributed by atoms with Crippen LogP contribution >= 0.6 is 0 Å². The first-order chi connectivity index (χ1) is 10.3. The monoisotopic (exact) mass is 284 g/mol. The Morgan fingerprint density at radius 1 is 0.952 bits per heavy atom. The minimum atomic E-state index is 0.850. The van der Waals surface area contributed by atoms with Gasteiger partial charge >= 0.3 is 0 Å². The Balaban J connectivity index is 1.54. The molecular weight excluding hydrogens is 256 g/mol. The molecule has 1 aromatic carbocycles. The van der Waals surface area contributed by atoms with Crippen LogP contribution in [0, 0.1) is 17.8 Å². The molecule has 3 unspecified atom stereocenters. The zero-order valence-electron chi connectivity index (χ0n) is 13.2. The molecule has 2 saturated heterocycles. The molecule has 1 aliphatic carbocycles. The Kier molecular flexibility index (Phi) is 3.76. The van der Waals surface area contributed by atoms with Crippen LogP contribution in [0.4, 0.5) is 0 Å². The van der Waals surface area contributed by atoms with Crippen molar-refractivity contribution in [1.29, 1.82) is 0 Å². The molecule has 3 fully saturated rings. The minimum absolute atomic E-state index is 0.850. The summed E-state index contributed by atoms with van der Waals surface area (Å²) in [5.74, 6) is 2.82. The molecule has 4 rings (SSSR count). The second-order valence-corrected chi connectivity index (χ2v) is 7.60. The molecule has 21 heavy (non-hydrogen) atoms. The Hall–Kier alpha value is -0.860. The van der Waals surface area contributed by atoms with Gasteiger partial charge in [-0.05, 0) is 43.2 Å². The smallest absolute Gasteiger partial charge is 0.0237 e. The van der Waals surface area contributed by atoms with Crippen LogP contribution in [0.3, 0.4) is 0 Å². The van der Waals surface area contributed by atoms with E-state index in [4.69, 9.17) is 0 Å². The van der Waals surface area contributed by atoms with Crippen LogP contribution < -0.4 is 0 Å². The van der Waals surface area contributed by atoms with E-state index in [2.05, 4.69) is 47.2 Å². The van der Waals surface area contributed by atoms with E-state index in [0.717, 1.165) is 23.8 Å². The van der Waals surface area contributed by atoms with E-state index in [1.807, 2.05) is 0 Å². The van der Waals surface area contributed by atoms with Crippen LogP contribution in [0.5, 0.6) is 0 Å². The average Bonchev–Trinajstić information content (AvgIpc) is 3.16. The summed E-state index contributed by atoms with van der Waals surface area (Å²) >= 11 is 0. The first kappa shape index (κ1) is 13.8. The second kappa shape index (κ2) is 5.73. The summed E-state index contributed by atoms with van der Waals surface area (Å²) in [6.07, 6.45) is 5.88. The third-order valence-electron chi connectivity index (χ3n) is 6.11. The van der Waals surface area contributed by atoms with Crippen LogP contribution in [0.25, 0.3) is 0 Å². The Morgan fingerprint density at radius 2 is 1.71 bits per heavy atom. The van der Waals surface area contributed by atoms with Gasteiger partial charge in [-0.25, -0.2) is 0 Å². The van der Waals surface area contributed by atoms with Gasteiger partial charge in [0.15, 0.2) is 0 Å². The maximum Gasteiger partial charge on any atom is 0.0237 e. The Labute approximate surface area is 129 Å². The fraction of sp³-hybridized carbons (Fsp3) is 0.684. The molecule has 0 amide bonds. The van der Waals surface area contributed by atoms with Gasteiger partial charge in [0, 0.05) is 32.2 Å². The van der Waals surface area contributed by atoms with Crippen molar-refractivity contribution in [3.05, 3.63) is 35.9 Å². The second-order valence-electron chi connectivity index (χ2n) is 7.60. The molecule has 0 N–H and O–H groups in total. The molecule has 0 spiro atoms. The summed E-state index contributed by atoms with van der Waals surface area (Å²) in [5.41, 5.74) is 1.49. The number of hydrogen-bond donors (Lipinski definition) is 0. The van der Waals surface area contributed by atoms with Crippen molar-refractivity contribution >= 4 is 0 Å². The highest BCUT2D eigenvalue weighted by Gasteiger charge is 2.48. The van der Waals surface area contributed by atoms with Crippen molar-refractivity contribution in [2.75, 3.05) is 26.7 Å². The molecule has 2 heterocycles. The third-order valence-corrected chi connectivity index (χ3v) is 6.11. The zero-order valence-corrected chi connectivity index (χ0v) is 13.2. The predicted molar refractivity (Wildman–Crippen MR) is 87.1 cm³/mol.